The Morgan fingerprint density at radius 2 is 2.31 bits per heavy atom. The van der Waals surface area contributed by atoms with Crippen LogP contribution in [0.5, 0.6) is 0 Å². The predicted octanol–water partition coefficient (Wildman–Crippen LogP) is 0.986. The van der Waals surface area contributed by atoms with Crippen LogP contribution in [-0.2, 0) is 16.7 Å². The average molecular weight is 223 g/mol. The summed E-state index contributed by atoms with van der Waals surface area (Å²) in [5.41, 5.74) is 5.82. The molecule has 16 heavy (non-hydrogen) atoms. The SMILES string of the molecule is NC1(c2noc(CC3CCOC3)n2)CCC1. The first-order valence-corrected chi connectivity index (χ1v) is 5.96. The molecule has 0 amide bonds. The zero-order valence-electron chi connectivity index (χ0n) is 9.32. The van der Waals surface area contributed by atoms with Crippen molar-refractivity contribution in [2.75, 3.05) is 13.2 Å². The van der Waals surface area contributed by atoms with Crippen molar-refractivity contribution in [2.45, 2.75) is 37.6 Å². The fraction of sp³-hybridized carbons (Fsp3) is 0.818. The van der Waals surface area contributed by atoms with E-state index in [0.29, 0.717) is 17.6 Å². The zero-order valence-corrected chi connectivity index (χ0v) is 9.32. The minimum Gasteiger partial charge on any atom is -0.381 e. The molecular weight excluding hydrogens is 206 g/mol. The first-order valence-electron chi connectivity index (χ1n) is 5.96. The minimum atomic E-state index is -0.312. The van der Waals surface area contributed by atoms with Crippen LogP contribution < -0.4 is 5.73 Å². The Balaban J connectivity index is 1.67. The fourth-order valence-corrected chi connectivity index (χ4v) is 2.31. The Kier molecular flexibility index (Phi) is 2.44. The van der Waals surface area contributed by atoms with Gasteiger partial charge in [-0.3, -0.25) is 0 Å². The Hall–Kier alpha value is -0.940. The lowest BCUT2D eigenvalue weighted by molar-refractivity contribution is 0.183. The number of aromatic nitrogens is 2. The molecule has 2 aliphatic rings. The number of hydrogen-bond acceptors (Lipinski definition) is 5. The van der Waals surface area contributed by atoms with E-state index in [0.717, 1.165) is 45.3 Å². The van der Waals surface area contributed by atoms with Gasteiger partial charge >= 0.3 is 0 Å². The lowest BCUT2D eigenvalue weighted by atomic mass is 9.77. The molecule has 0 bridgehead atoms. The Morgan fingerprint density at radius 3 is 2.94 bits per heavy atom. The summed E-state index contributed by atoms with van der Waals surface area (Å²) in [6.07, 6.45) is 5.02. The van der Waals surface area contributed by atoms with Gasteiger partial charge in [-0.05, 0) is 31.6 Å². The molecule has 1 aliphatic carbocycles. The van der Waals surface area contributed by atoms with Gasteiger partial charge < -0.3 is 15.0 Å². The summed E-state index contributed by atoms with van der Waals surface area (Å²) in [6.45, 7) is 1.66. The van der Waals surface area contributed by atoms with Gasteiger partial charge in [-0.2, -0.15) is 4.98 Å². The van der Waals surface area contributed by atoms with Crippen molar-refractivity contribution in [1.82, 2.24) is 10.1 Å². The second kappa shape index (κ2) is 3.82. The Bertz CT molecular complexity index is 367. The van der Waals surface area contributed by atoms with Crippen molar-refractivity contribution in [3.8, 4) is 0 Å². The van der Waals surface area contributed by atoms with Crippen LogP contribution in [0.2, 0.25) is 0 Å². The molecule has 0 radical (unpaired) electrons. The molecule has 3 rings (SSSR count). The molecule has 5 heteroatoms. The molecule has 2 N–H and O–H groups in total. The summed E-state index contributed by atoms with van der Waals surface area (Å²) < 4.78 is 10.6. The molecule has 0 aromatic carbocycles. The molecule has 1 aromatic heterocycles. The third-order valence-electron chi connectivity index (χ3n) is 3.65. The molecule has 0 spiro atoms. The number of nitrogens with zero attached hydrogens (tertiary/aromatic N) is 2. The summed E-state index contributed by atoms with van der Waals surface area (Å²) in [5, 5.41) is 4.00. The first kappa shape index (κ1) is 10.2. The number of ether oxygens (including phenoxy) is 1. The molecule has 88 valence electrons. The lowest BCUT2D eigenvalue weighted by Crippen LogP contribution is -2.44. The van der Waals surface area contributed by atoms with Gasteiger partial charge in [0.2, 0.25) is 5.89 Å². The van der Waals surface area contributed by atoms with Crippen LogP contribution in [0.15, 0.2) is 4.52 Å². The maximum absolute atomic E-state index is 6.14. The second-order valence-electron chi connectivity index (χ2n) is 4.96. The predicted molar refractivity (Wildman–Crippen MR) is 56.6 cm³/mol. The molecular formula is C11H17N3O2. The van der Waals surface area contributed by atoms with E-state index in [1.807, 2.05) is 0 Å². The summed E-state index contributed by atoms with van der Waals surface area (Å²) in [5.74, 6) is 1.93. The minimum absolute atomic E-state index is 0.312. The maximum Gasteiger partial charge on any atom is 0.227 e. The average Bonchev–Trinajstić information content (AvgIpc) is 2.86. The molecule has 1 aliphatic heterocycles. The molecule has 1 saturated carbocycles. The molecule has 1 saturated heterocycles. The van der Waals surface area contributed by atoms with Gasteiger partial charge in [-0.25, -0.2) is 0 Å². The number of hydrogen-bond donors (Lipinski definition) is 1. The van der Waals surface area contributed by atoms with Crippen molar-refractivity contribution in [3.05, 3.63) is 11.7 Å². The summed E-state index contributed by atoms with van der Waals surface area (Å²) in [6, 6.07) is 0. The van der Waals surface area contributed by atoms with Crippen LogP contribution >= 0.6 is 0 Å². The van der Waals surface area contributed by atoms with Crippen molar-refractivity contribution in [2.24, 2.45) is 11.7 Å². The molecule has 1 atom stereocenters. The van der Waals surface area contributed by atoms with Crippen molar-refractivity contribution in [1.29, 1.82) is 0 Å². The third kappa shape index (κ3) is 1.74. The van der Waals surface area contributed by atoms with Crippen molar-refractivity contribution >= 4 is 0 Å². The largest absolute Gasteiger partial charge is 0.381 e. The standard InChI is InChI=1S/C11H17N3O2/c12-11(3-1-4-11)10-13-9(16-14-10)6-8-2-5-15-7-8/h8H,1-7,12H2. The highest BCUT2D eigenvalue weighted by Gasteiger charge is 2.39. The number of nitrogens with two attached hydrogens (primary N) is 1. The van der Waals surface area contributed by atoms with Crippen LogP contribution in [-0.4, -0.2) is 23.4 Å². The summed E-state index contributed by atoms with van der Waals surface area (Å²) in [4.78, 5) is 4.41. The van der Waals surface area contributed by atoms with E-state index in [4.69, 9.17) is 15.0 Å². The zero-order chi connectivity index (χ0) is 11.0. The normalized spacial score (nSPS) is 27.9. The fourth-order valence-electron chi connectivity index (χ4n) is 2.31. The van der Waals surface area contributed by atoms with Gasteiger partial charge in [0.05, 0.1) is 5.54 Å². The molecule has 1 unspecified atom stereocenters. The van der Waals surface area contributed by atoms with E-state index in [9.17, 15) is 0 Å². The highest BCUT2D eigenvalue weighted by molar-refractivity contribution is 5.08. The van der Waals surface area contributed by atoms with Gasteiger partial charge in [0.15, 0.2) is 5.82 Å². The van der Waals surface area contributed by atoms with Gasteiger partial charge in [-0.15, -0.1) is 0 Å². The van der Waals surface area contributed by atoms with Gasteiger partial charge in [0.1, 0.15) is 0 Å². The van der Waals surface area contributed by atoms with Crippen molar-refractivity contribution < 1.29 is 9.26 Å². The maximum atomic E-state index is 6.14. The van der Waals surface area contributed by atoms with Crippen LogP contribution in [0.3, 0.4) is 0 Å². The van der Waals surface area contributed by atoms with Crippen LogP contribution in [0.25, 0.3) is 0 Å². The van der Waals surface area contributed by atoms with Crippen molar-refractivity contribution in [3.63, 3.8) is 0 Å². The smallest absolute Gasteiger partial charge is 0.227 e. The molecule has 2 fully saturated rings. The van der Waals surface area contributed by atoms with Gasteiger partial charge in [-0.1, -0.05) is 5.16 Å². The van der Waals surface area contributed by atoms with E-state index in [1.165, 1.54) is 0 Å². The highest BCUT2D eigenvalue weighted by atomic mass is 16.5. The van der Waals surface area contributed by atoms with E-state index in [1.54, 1.807) is 0 Å². The van der Waals surface area contributed by atoms with E-state index < -0.39 is 0 Å². The monoisotopic (exact) mass is 223 g/mol. The third-order valence-corrected chi connectivity index (χ3v) is 3.65. The Morgan fingerprint density at radius 1 is 1.44 bits per heavy atom. The molecule has 5 nitrogen and oxygen atoms in total. The summed E-state index contributed by atoms with van der Waals surface area (Å²) in [7, 11) is 0. The molecule has 2 heterocycles. The van der Waals surface area contributed by atoms with E-state index in [2.05, 4.69) is 10.1 Å². The highest BCUT2D eigenvalue weighted by Crippen LogP contribution is 2.37. The van der Waals surface area contributed by atoms with Gasteiger partial charge in [0.25, 0.3) is 0 Å². The van der Waals surface area contributed by atoms with E-state index in [-0.39, 0.29) is 5.54 Å². The van der Waals surface area contributed by atoms with Crippen LogP contribution in [0, 0.1) is 5.92 Å². The first-order chi connectivity index (χ1) is 7.76. The topological polar surface area (TPSA) is 74.2 Å². The summed E-state index contributed by atoms with van der Waals surface area (Å²) >= 11 is 0. The van der Waals surface area contributed by atoms with Crippen LogP contribution in [0.1, 0.15) is 37.4 Å². The number of rotatable bonds is 3. The van der Waals surface area contributed by atoms with E-state index >= 15 is 0 Å². The van der Waals surface area contributed by atoms with Crippen LogP contribution in [0.4, 0.5) is 0 Å². The Labute approximate surface area is 94.3 Å². The van der Waals surface area contributed by atoms with Gasteiger partial charge in [0, 0.05) is 19.6 Å². The second-order valence-corrected chi connectivity index (χ2v) is 4.96. The molecule has 1 aromatic rings. The lowest BCUT2D eigenvalue weighted by Gasteiger charge is -2.34. The quantitative estimate of drug-likeness (QED) is 0.827.